The summed E-state index contributed by atoms with van der Waals surface area (Å²) < 4.78 is 1.58. The number of aliphatic carboxylic acids is 1. The third-order valence-electron chi connectivity index (χ3n) is 4.06. The van der Waals surface area contributed by atoms with Gasteiger partial charge in [0.25, 0.3) is 0 Å². The van der Waals surface area contributed by atoms with Gasteiger partial charge in [-0.3, -0.25) is 4.79 Å². The lowest BCUT2D eigenvalue weighted by Gasteiger charge is -2.25. The molecule has 1 aliphatic carbocycles. The molecule has 2 aromatic rings. The molecule has 1 N–H and O–H groups in total. The van der Waals surface area contributed by atoms with Crippen LogP contribution in [0.4, 0.5) is 0 Å². The van der Waals surface area contributed by atoms with E-state index in [2.05, 4.69) is 15.2 Å². The number of aryl methyl sites for hydroxylation is 1. The molecule has 0 unspecified atom stereocenters. The van der Waals surface area contributed by atoms with Crippen molar-refractivity contribution >= 4 is 11.6 Å². The van der Waals surface area contributed by atoms with Crippen LogP contribution in [0.15, 0.2) is 12.1 Å². The van der Waals surface area contributed by atoms with Gasteiger partial charge in [-0.15, -0.1) is 9.73 Å². The summed E-state index contributed by atoms with van der Waals surface area (Å²) in [6.07, 6.45) is 4.39. The number of hydrogen-bond donors (Lipinski definition) is 1. The van der Waals surface area contributed by atoms with Gasteiger partial charge in [-0.1, -0.05) is 0 Å². The molecule has 2 aromatic heterocycles. The molecule has 0 aromatic carbocycles. The zero-order valence-electron chi connectivity index (χ0n) is 11.5. The first-order valence-corrected chi connectivity index (χ1v) is 7.04. The Balaban J connectivity index is 1.66. The smallest absolute Gasteiger partial charge is 0.306 e. The Labute approximate surface area is 116 Å². The van der Waals surface area contributed by atoms with E-state index in [9.17, 15) is 4.79 Å². The van der Waals surface area contributed by atoms with E-state index < -0.39 is 5.97 Å². The van der Waals surface area contributed by atoms with Crippen LogP contribution >= 0.6 is 0 Å². The SMILES string of the molecule is Cc1nc2ccc(C[C@H]3CC[C@H](C(=O)O)CC3)nn2n1. The van der Waals surface area contributed by atoms with Crippen molar-refractivity contribution in [2.75, 3.05) is 0 Å². The van der Waals surface area contributed by atoms with Crippen molar-refractivity contribution in [1.82, 2.24) is 19.8 Å². The van der Waals surface area contributed by atoms with Crippen molar-refractivity contribution in [3.63, 3.8) is 0 Å². The fraction of sp³-hybridized carbons (Fsp3) is 0.571. The Hall–Kier alpha value is -1.98. The standard InChI is InChI=1S/C14H18N4O2/c1-9-15-13-7-6-12(17-18(13)16-9)8-10-2-4-11(5-3-10)14(19)20/h6-7,10-11H,2-5,8H2,1H3,(H,19,20)/t10-,11-. The second-order valence-corrected chi connectivity index (χ2v) is 5.59. The fourth-order valence-corrected chi connectivity index (χ4v) is 2.94. The molecule has 0 amide bonds. The molecular formula is C14H18N4O2. The summed E-state index contributed by atoms with van der Waals surface area (Å²) in [6, 6.07) is 3.93. The fourth-order valence-electron chi connectivity index (χ4n) is 2.94. The van der Waals surface area contributed by atoms with E-state index in [1.165, 1.54) is 0 Å². The molecule has 1 aliphatic rings. The first-order valence-electron chi connectivity index (χ1n) is 7.04. The number of carbonyl (C=O) groups is 1. The first kappa shape index (κ1) is 13.0. The topological polar surface area (TPSA) is 80.4 Å². The van der Waals surface area contributed by atoms with Crippen LogP contribution in [0.25, 0.3) is 5.65 Å². The highest BCUT2D eigenvalue weighted by Gasteiger charge is 2.26. The van der Waals surface area contributed by atoms with Gasteiger partial charge < -0.3 is 5.11 Å². The zero-order valence-corrected chi connectivity index (χ0v) is 11.5. The summed E-state index contributed by atoms with van der Waals surface area (Å²) in [5.74, 6) is 0.442. The molecule has 0 atom stereocenters. The van der Waals surface area contributed by atoms with E-state index in [0.29, 0.717) is 5.92 Å². The molecule has 0 saturated heterocycles. The van der Waals surface area contributed by atoms with Crippen LogP contribution in [0, 0.1) is 18.8 Å². The van der Waals surface area contributed by atoms with Gasteiger partial charge >= 0.3 is 5.97 Å². The Morgan fingerprint density at radius 1 is 1.30 bits per heavy atom. The van der Waals surface area contributed by atoms with E-state index in [1.807, 2.05) is 19.1 Å². The summed E-state index contributed by atoms with van der Waals surface area (Å²) >= 11 is 0. The van der Waals surface area contributed by atoms with Crippen molar-refractivity contribution in [3.8, 4) is 0 Å². The van der Waals surface area contributed by atoms with Crippen LogP contribution in [-0.4, -0.2) is 30.9 Å². The van der Waals surface area contributed by atoms with Gasteiger partial charge in [-0.2, -0.15) is 5.10 Å². The summed E-state index contributed by atoms with van der Waals surface area (Å²) in [6.45, 7) is 1.85. The summed E-state index contributed by atoms with van der Waals surface area (Å²) in [5, 5.41) is 17.7. The van der Waals surface area contributed by atoms with Gasteiger partial charge in [0.05, 0.1) is 11.6 Å². The van der Waals surface area contributed by atoms with Crippen molar-refractivity contribution < 1.29 is 9.90 Å². The van der Waals surface area contributed by atoms with Crippen LogP contribution in [-0.2, 0) is 11.2 Å². The minimum Gasteiger partial charge on any atom is -0.481 e. The van der Waals surface area contributed by atoms with Crippen LogP contribution < -0.4 is 0 Å². The molecule has 20 heavy (non-hydrogen) atoms. The lowest BCUT2D eigenvalue weighted by Crippen LogP contribution is -2.22. The number of aromatic nitrogens is 4. The molecule has 1 saturated carbocycles. The maximum atomic E-state index is 10.9. The highest BCUT2D eigenvalue weighted by Crippen LogP contribution is 2.30. The molecule has 2 heterocycles. The van der Waals surface area contributed by atoms with E-state index >= 15 is 0 Å². The molecule has 106 valence electrons. The quantitative estimate of drug-likeness (QED) is 0.924. The zero-order chi connectivity index (χ0) is 14.1. The first-order chi connectivity index (χ1) is 9.61. The lowest BCUT2D eigenvalue weighted by molar-refractivity contribution is -0.143. The monoisotopic (exact) mass is 274 g/mol. The maximum absolute atomic E-state index is 10.9. The second kappa shape index (κ2) is 5.19. The number of carboxylic acid groups (broad SMARTS) is 1. The normalized spacial score (nSPS) is 23.1. The van der Waals surface area contributed by atoms with Gasteiger partial charge in [-0.05, 0) is 57.1 Å². The Bertz CT molecular complexity index is 629. The molecule has 0 radical (unpaired) electrons. The summed E-state index contributed by atoms with van der Waals surface area (Å²) in [5.41, 5.74) is 1.77. The number of rotatable bonds is 3. The molecule has 0 aliphatic heterocycles. The molecule has 3 rings (SSSR count). The van der Waals surface area contributed by atoms with E-state index in [1.54, 1.807) is 4.63 Å². The van der Waals surface area contributed by atoms with Gasteiger partial charge in [0, 0.05) is 0 Å². The van der Waals surface area contributed by atoms with Crippen LogP contribution in [0.2, 0.25) is 0 Å². The minimum atomic E-state index is -0.652. The highest BCUT2D eigenvalue weighted by atomic mass is 16.4. The summed E-state index contributed by atoms with van der Waals surface area (Å²) in [7, 11) is 0. The molecular weight excluding hydrogens is 256 g/mol. The summed E-state index contributed by atoms with van der Waals surface area (Å²) in [4.78, 5) is 15.2. The minimum absolute atomic E-state index is 0.153. The predicted molar refractivity (Wildman–Crippen MR) is 72.3 cm³/mol. The number of carboxylic acids is 1. The van der Waals surface area contributed by atoms with E-state index in [0.717, 1.165) is 49.3 Å². The van der Waals surface area contributed by atoms with Gasteiger partial charge in [-0.25, -0.2) is 4.98 Å². The Morgan fingerprint density at radius 3 is 2.75 bits per heavy atom. The maximum Gasteiger partial charge on any atom is 0.306 e. The Morgan fingerprint density at radius 2 is 2.05 bits per heavy atom. The largest absolute Gasteiger partial charge is 0.481 e. The third-order valence-corrected chi connectivity index (χ3v) is 4.06. The van der Waals surface area contributed by atoms with Crippen molar-refractivity contribution in [1.29, 1.82) is 0 Å². The molecule has 0 bridgehead atoms. The number of hydrogen-bond acceptors (Lipinski definition) is 4. The average Bonchev–Trinajstić information content (AvgIpc) is 2.78. The van der Waals surface area contributed by atoms with Crippen molar-refractivity contribution in [2.24, 2.45) is 11.8 Å². The van der Waals surface area contributed by atoms with Crippen LogP contribution in [0.3, 0.4) is 0 Å². The van der Waals surface area contributed by atoms with Crippen molar-refractivity contribution in [2.45, 2.75) is 39.0 Å². The van der Waals surface area contributed by atoms with Gasteiger partial charge in [0.2, 0.25) is 0 Å². The average molecular weight is 274 g/mol. The second-order valence-electron chi connectivity index (χ2n) is 5.59. The van der Waals surface area contributed by atoms with Gasteiger partial charge in [0.1, 0.15) is 5.82 Å². The van der Waals surface area contributed by atoms with Crippen LogP contribution in [0.5, 0.6) is 0 Å². The lowest BCUT2D eigenvalue weighted by atomic mass is 9.80. The molecule has 1 fully saturated rings. The highest BCUT2D eigenvalue weighted by molar-refractivity contribution is 5.69. The number of fused-ring (bicyclic) bond motifs is 1. The van der Waals surface area contributed by atoms with E-state index in [4.69, 9.17) is 5.11 Å². The number of nitrogens with zero attached hydrogens (tertiary/aromatic N) is 4. The van der Waals surface area contributed by atoms with Gasteiger partial charge in [0.15, 0.2) is 5.65 Å². The van der Waals surface area contributed by atoms with Crippen LogP contribution in [0.1, 0.15) is 37.2 Å². The van der Waals surface area contributed by atoms with E-state index in [-0.39, 0.29) is 5.92 Å². The van der Waals surface area contributed by atoms with Crippen molar-refractivity contribution in [3.05, 3.63) is 23.7 Å². The molecule has 0 spiro atoms. The Kier molecular flexibility index (Phi) is 3.38. The molecule has 6 nitrogen and oxygen atoms in total. The predicted octanol–water partition coefficient (Wildman–Crippen LogP) is 1.87. The third kappa shape index (κ3) is 2.64. The molecule has 6 heteroatoms.